The Morgan fingerprint density at radius 3 is 2.87 bits per heavy atom. The Hall–Kier alpha value is 0.100. The summed E-state index contributed by atoms with van der Waals surface area (Å²) in [6.07, 6.45) is 7.89. The molecule has 1 aliphatic rings. The molecule has 1 unspecified atom stereocenters. The van der Waals surface area contributed by atoms with E-state index in [0.717, 1.165) is 13.0 Å². The van der Waals surface area contributed by atoms with Gasteiger partial charge in [0.2, 0.25) is 0 Å². The zero-order valence-corrected chi connectivity index (χ0v) is 11.6. The van der Waals surface area contributed by atoms with Crippen molar-refractivity contribution < 1.29 is 4.39 Å². The molecule has 0 amide bonds. The summed E-state index contributed by atoms with van der Waals surface area (Å²) in [7, 11) is 1.96. The van der Waals surface area contributed by atoms with Crippen molar-refractivity contribution >= 4 is 22.6 Å². The highest BCUT2D eigenvalue weighted by molar-refractivity contribution is 14.1. The molecule has 86 valence electrons. The Labute approximate surface area is 106 Å². The van der Waals surface area contributed by atoms with Gasteiger partial charge in [-0.1, -0.05) is 47.7 Å². The summed E-state index contributed by atoms with van der Waals surface area (Å²) in [5.74, 6) is 0.667. The van der Waals surface area contributed by atoms with Crippen LogP contribution in [0.25, 0.3) is 0 Å². The first kappa shape index (κ1) is 13.2. The molecule has 1 nitrogen and oxygen atoms in total. The molecule has 1 aliphatic carbocycles. The third kappa shape index (κ3) is 4.64. The normalized spacial score (nSPS) is 23.0. The maximum absolute atomic E-state index is 12.1. The van der Waals surface area contributed by atoms with Gasteiger partial charge in [0.15, 0.2) is 0 Å². The predicted octanol–water partition coefficient (Wildman–Crippen LogP) is 3.21. The average molecular weight is 323 g/mol. The lowest BCUT2D eigenvalue weighted by Crippen LogP contribution is -2.24. The number of halogens is 2. The Balaban J connectivity index is 2.38. The molecule has 0 fully saturated rings. The van der Waals surface area contributed by atoms with Crippen LogP contribution in [0, 0.1) is 5.92 Å². The molecule has 0 aromatic carbocycles. The maximum Gasteiger partial charge on any atom is 0.102 e. The van der Waals surface area contributed by atoms with E-state index in [4.69, 9.17) is 0 Å². The molecule has 0 radical (unpaired) electrons. The summed E-state index contributed by atoms with van der Waals surface area (Å²) in [5.41, 5.74) is 1.32. The number of alkyl halides is 2. The summed E-state index contributed by atoms with van der Waals surface area (Å²) >= 11 is 2.47. The Bertz CT molecular complexity index is 248. The predicted molar refractivity (Wildman–Crippen MR) is 72.3 cm³/mol. The minimum atomic E-state index is -0.263. The fourth-order valence-corrected chi connectivity index (χ4v) is 2.21. The van der Waals surface area contributed by atoms with Crippen LogP contribution in [0.4, 0.5) is 4.39 Å². The van der Waals surface area contributed by atoms with Gasteiger partial charge in [-0.3, -0.25) is 4.90 Å². The SMILES string of the molecule is C[C@@H](I)C1C=CC(CN(C)CCF)=CC1. The van der Waals surface area contributed by atoms with E-state index in [2.05, 4.69) is 47.7 Å². The monoisotopic (exact) mass is 323 g/mol. The topological polar surface area (TPSA) is 3.24 Å². The number of hydrogen-bond acceptors (Lipinski definition) is 1. The van der Waals surface area contributed by atoms with Gasteiger partial charge in [0.25, 0.3) is 0 Å². The molecule has 0 N–H and O–H groups in total. The standard InChI is InChI=1S/C12H19FIN/c1-10(14)12-5-3-11(4-6-12)9-15(2)8-7-13/h3-5,10,12H,6-9H2,1-2H3/t10-,12?/m1/s1. The van der Waals surface area contributed by atoms with Gasteiger partial charge in [0, 0.05) is 17.0 Å². The molecule has 0 spiro atoms. The lowest BCUT2D eigenvalue weighted by atomic mass is 9.94. The van der Waals surface area contributed by atoms with Gasteiger partial charge in [0.05, 0.1) is 0 Å². The summed E-state index contributed by atoms with van der Waals surface area (Å²) in [6.45, 7) is 3.37. The molecule has 0 aromatic rings. The third-order valence-electron chi connectivity index (χ3n) is 2.72. The van der Waals surface area contributed by atoms with Gasteiger partial charge < -0.3 is 0 Å². The Morgan fingerprint density at radius 2 is 2.40 bits per heavy atom. The second-order valence-corrected chi connectivity index (χ2v) is 6.11. The number of hydrogen-bond donors (Lipinski definition) is 0. The van der Waals surface area contributed by atoms with Crippen molar-refractivity contribution in [1.82, 2.24) is 4.90 Å². The molecule has 0 aromatic heterocycles. The number of nitrogens with zero attached hydrogens (tertiary/aromatic N) is 1. The highest BCUT2D eigenvalue weighted by atomic mass is 127. The van der Waals surface area contributed by atoms with Gasteiger partial charge in [-0.05, 0) is 25.0 Å². The summed E-state index contributed by atoms with van der Waals surface area (Å²) in [6, 6.07) is 0. The van der Waals surface area contributed by atoms with Crippen LogP contribution in [-0.2, 0) is 0 Å². The average Bonchev–Trinajstić information content (AvgIpc) is 2.18. The molecule has 0 aliphatic heterocycles. The van der Waals surface area contributed by atoms with E-state index in [1.807, 2.05) is 11.9 Å². The van der Waals surface area contributed by atoms with E-state index < -0.39 is 0 Å². The lowest BCUT2D eigenvalue weighted by Gasteiger charge is -2.21. The summed E-state index contributed by atoms with van der Waals surface area (Å²) in [4.78, 5) is 2.02. The fourth-order valence-electron chi connectivity index (χ4n) is 1.67. The van der Waals surface area contributed by atoms with Crippen LogP contribution < -0.4 is 0 Å². The zero-order valence-electron chi connectivity index (χ0n) is 9.42. The van der Waals surface area contributed by atoms with Crippen LogP contribution in [0.15, 0.2) is 23.8 Å². The first-order chi connectivity index (χ1) is 7.13. The van der Waals surface area contributed by atoms with Gasteiger partial charge in [0.1, 0.15) is 6.67 Å². The largest absolute Gasteiger partial charge is 0.300 e. The molecule has 2 atom stereocenters. The summed E-state index contributed by atoms with van der Waals surface area (Å²) in [5, 5.41) is 0. The van der Waals surface area contributed by atoms with Gasteiger partial charge in [-0.15, -0.1) is 0 Å². The Kier molecular flexibility index (Phi) is 5.82. The minimum absolute atomic E-state index is 0.263. The molecule has 3 heteroatoms. The van der Waals surface area contributed by atoms with Gasteiger partial charge in [-0.25, -0.2) is 4.39 Å². The first-order valence-corrected chi connectivity index (χ1v) is 6.64. The van der Waals surface area contributed by atoms with Crippen molar-refractivity contribution in [1.29, 1.82) is 0 Å². The zero-order chi connectivity index (χ0) is 11.3. The number of rotatable bonds is 5. The van der Waals surface area contributed by atoms with E-state index in [1.54, 1.807) is 0 Å². The van der Waals surface area contributed by atoms with Crippen molar-refractivity contribution in [3.8, 4) is 0 Å². The summed E-state index contributed by atoms with van der Waals surface area (Å²) < 4.78 is 12.8. The van der Waals surface area contributed by atoms with Gasteiger partial charge in [-0.2, -0.15) is 0 Å². The highest BCUT2D eigenvalue weighted by Crippen LogP contribution is 2.24. The second-order valence-electron chi connectivity index (χ2n) is 4.14. The van der Waals surface area contributed by atoms with Crippen LogP contribution in [-0.4, -0.2) is 35.6 Å². The highest BCUT2D eigenvalue weighted by Gasteiger charge is 2.13. The van der Waals surface area contributed by atoms with Crippen LogP contribution in [0.1, 0.15) is 13.3 Å². The fraction of sp³-hybridized carbons (Fsp3) is 0.667. The van der Waals surface area contributed by atoms with Crippen molar-refractivity contribution in [2.24, 2.45) is 5.92 Å². The molecular formula is C12H19FIN. The van der Waals surface area contributed by atoms with Crippen LogP contribution >= 0.6 is 22.6 Å². The molecular weight excluding hydrogens is 304 g/mol. The number of likely N-dealkylation sites (N-methyl/N-ethyl adjacent to an activating group) is 1. The van der Waals surface area contributed by atoms with Crippen molar-refractivity contribution in [2.45, 2.75) is 17.3 Å². The van der Waals surface area contributed by atoms with Gasteiger partial charge >= 0.3 is 0 Å². The Morgan fingerprint density at radius 1 is 1.67 bits per heavy atom. The van der Waals surface area contributed by atoms with Crippen LogP contribution in [0.2, 0.25) is 0 Å². The van der Waals surface area contributed by atoms with E-state index in [-0.39, 0.29) is 6.67 Å². The maximum atomic E-state index is 12.1. The number of allylic oxidation sites excluding steroid dienone is 2. The smallest absolute Gasteiger partial charge is 0.102 e. The van der Waals surface area contributed by atoms with E-state index in [1.165, 1.54) is 5.57 Å². The molecule has 15 heavy (non-hydrogen) atoms. The van der Waals surface area contributed by atoms with E-state index in [0.29, 0.717) is 16.4 Å². The molecule has 0 saturated carbocycles. The van der Waals surface area contributed by atoms with Crippen molar-refractivity contribution in [3.63, 3.8) is 0 Å². The van der Waals surface area contributed by atoms with Crippen LogP contribution in [0.3, 0.4) is 0 Å². The molecule has 0 heterocycles. The van der Waals surface area contributed by atoms with E-state index >= 15 is 0 Å². The molecule has 0 bridgehead atoms. The van der Waals surface area contributed by atoms with Crippen molar-refractivity contribution in [2.75, 3.05) is 26.8 Å². The minimum Gasteiger partial charge on any atom is -0.300 e. The third-order valence-corrected chi connectivity index (χ3v) is 3.64. The molecule has 0 saturated heterocycles. The quantitative estimate of drug-likeness (QED) is 0.555. The lowest BCUT2D eigenvalue weighted by molar-refractivity contribution is 0.315. The second kappa shape index (κ2) is 6.63. The first-order valence-electron chi connectivity index (χ1n) is 5.39. The van der Waals surface area contributed by atoms with Crippen LogP contribution in [0.5, 0.6) is 0 Å². The molecule has 1 rings (SSSR count). The van der Waals surface area contributed by atoms with E-state index in [9.17, 15) is 4.39 Å². The van der Waals surface area contributed by atoms with Crippen molar-refractivity contribution in [3.05, 3.63) is 23.8 Å².